The van der Waals surface area contributed by atoms with Crippen LogP contribution >= 0.6 is 0 Å². The maximum atomic E-state index is 12.7. The van der Waals surface area contributed by atoms with Crippen LogP contribution in [0.1, 0.15) is 51.3 Å². The van der Waals surface area contributed by atoms with Crippen LogP contribution in [0.2, 0.25) is 0 Å². The first-order valence-electron chi connectivity index (χ1n) is 10.1. The van der Waals surface area contributed by atoms with Crippen LogP contribution in [0.25, 0.3) is 6.08 Å². The number of carbonyl (C=O) groups is 1. The van der Waals surface area contributed by atoms with Crippen molar-refractivity contribution in [3.8, 4) is 5.75 Å². The van der Waals surface area contributed by atoms with Crippen LogP contribution in [0.5, 0.6) is 5.75 Å². The lowest BCUT2D eigenvalue weighted by atomic mass is 10.1. The molecule has 0 saturated heterocycles. The van der Waals surface area contributed by atoms with Gasteiger partial charge < -0.3 is 14.4 Å². The van der Waals surface area contributed by atoms with Crippen LogP contribution in [-0.4, -0.2) is 23.1 Å². The van der Waals surface area contributed by atoms with Gasteiger partial charge in [0, 0.05) is 13.1 Å². The van der Waals surface area contributed by atoms with Gasteiger partial charge in [-0.3, -0.25) is 0 Å². The number of rotatable bonds is 8. The predicted molar refractivity (Wildman–Crippen MR) is 119 cm³/mol. The van der Waals surface area contributed by atoms with Crippen molar-refractivity contribution < 1.29 is 14.3 Å². The lowest BCUT2D eigenvalue weighted by Crippen LogP contribution is -2.38. The average Bonchev–Trinajstić information content (AvgIpc) is 2.65. The van der Waals surface area contributed by atoms with Crippen molar-refractivity contribution in [1.82, 2.24) is 4.90 Å². The van der Waals surface area contributed by atoms with Gasteiger partial charge in [0.1, 0.15) is 18.0 Å². The molecule has 0 atom stereocenters. The Morgan fingerprint density at radius 2 is 1.79 bits per heavy atom. The van der Waals surface area contributed by atoms with Gasteiger partial charge in [-0.1, -0.05) is 56.8 Å². The van der Waals surface area contributed by atoms with Crippen LogP contribution in [0, 0.1) is 5.92 Å². The zero-order valence-corrected chi connectivity index (χ0v) is 18.3. The second-order valence-corrected chi connectivity index (χ2v) is 8.64. The molecule has 0 unspecified atom stereocenters. The van der Waals surface area contributed by atoms with Gasteiger partial charge in [-0.15, -0.1) is 0 Å². The zero-order valence-electron chi connectivity index (χ0n) is 18.3. The molecule has 2 aromatic carbocycles. The van der Waals surface area contributed by atoms with Crippen LogP contribution in [0.3, 0.4) is 0 Å². The molecule has 0 aliphatic heterocycles. The Bertz CT molecular complexity index is 807. The second-order valence-electron chi connectivity index (χ2n) is 8.64. The van der Waals surface area contributed by atoms with Gasteiger partial charge in [0.15, 0.2) is 0 Å². The average molecular weight is 396 g/mol. The highest BCUT2D eigenvalue weighted by Gasteiger charge is 2.23. The summed E-state index contributed by atoms with van der Waals surface area (Å²) in [6.07, 6.45) is 1.49. The van der Waals surface area contributed by atoms with Gasteiger partial charge in [-0.2, -0.15) is 0 Å². The van der Waals surface area contributed by atoms with Gasteiger partial charge in [-0.25, -0.2) is 4.79 Å². The Morgan fingerprint density at radius 3 is 2.38 bits per heavy atom. The topological polar surface area (TPSA) is 38.8 Å². The summed E-state index contributed by atoms with van der Waals surface area (Å²) in [7, 11) is 0. The monoisotopic (exact) mass is 395 g/mol. The summed E-state index contributed by atoms with van der Waals surface area (Å²) < 4.78 is 11.6. The smallest absolute Gasteiger partial charge is 0.410 e. The summed E-state index contributed by atoms with van der Waals surface area (Å²) in [5, 5.41) is 0. The molecule has 0 spiro atoms. The largest absolute Gasteiger partial charge is 0.489 e. The standard InChI is InChI=1S/C25H33NO3/c1-7-20-13-22(15-23(14-20)28-18-21-11-9-8-10-12-21)17-26(16-19(2)3)24(27)29-25(4,5)6/h7-15,19H,1,16-18H2,2-6H3. The van der Waals surface area contributed by atoms with E-state index in [-0.39, 0.29) is 6.09 Å². The molecule has 4 heteroatoms. The van der Waals surface area contributed by atoms with Gasteiger partial charge in [0.05, 0.1) is 0 Å². The minimum atomic E-state index is -0.529. The Balaban J connectivity index is 2.19. The summed E-state index contributed by atoms with van der Waals surface area (Å²) in [6.45, 7) is 15.3. The quantitative estimate of drug-likeness (QED) is 0.526. The lowest BCUT2D eigenvalue weighted by Gasteiger charge is -2.29. The maximum absolute atomic E-state index is 12.7. The van der Waals surface area contributed by atoms with Crippen molar-refractivity contribution in [3.63, 3.8) is 0 Å². The fraction of sp³-hybridized carbons (Fsp3) is 0.400. The van der Waals surface area contributed by atoms with Crippen LogP contribution < -0.4 is 4.74 Å². The molecule has 0 aromatic heterocycles. The van der Waals surface area contributed by atoms with Gasteiger partial charge in [0.25, 0.3) is 0 Å². The molecule has 0 aliphatic carbocycles. The van der Waals surface area contributed by atoms with E-state index in [1.807, 2.05) is 69.3 Å². The van der Waals surface area contributed by atoms with Crippen molar-refractivity contribution in [2.45, 2.75) is 53.4 Å². The number of hydrogen-bond acceptors (Lipinski definition) is 3. The Hall–Kier alpha value is -2.75. The molecule has 29 heavy (non-hydrogen) atoms. The number of benzene rings is 2. The first-order chi connectivity index (χ1) is 13.7. The zero-order chi connectivity index (χ0) is 21.4. The van der Waals surface area contributed by atoms with Crippen LogP contribution in [-0.2, 0) is 17.9 Å². The van der Waals surface area contributed by atoms with Crippen molar-refractivity contribution >= 4 is 12.2 Å². The lowest BCUT2D eigenvalue weighted by molar-refractivity contribution is 0.0211. The van der Waals surface area contributed by atoms with Gasteiger partial charge >= 0.3 is 6.09 Å². The van der Waals surface area contributed by atoms with Crippen molar-refractivity contribution in [2.75, 3.05) is 6.54 Å². The Labute approximate surface area is 175 Å². The minimum Gasteiger partial charge on any atom is -0.489 e. The number of nitrogens with zero attached hydrogens (tertiary/aromatic N) is 1. The molecule has 1 amide bonds. The molecule has 4 nitrogen and oxygen atoms in total. The molecule has 2 rings (SSSR count). The van der Waals surface area contributed by atoms with E-state index in [1.54, 1.807) is 11.0 Å². The third-order valence-electron chi connectivity index (χ3n) is 4.08. The maximum Gasteiger partial charge on any atom is 0.410 e. The molecule has 0 N–H and O–H groups in total. The predicted octanol–water partition coefficient (Wildman–Crippen LogP) is 6.30. The first-order valence-corrected chi connectivity index (χ1v) is 10.1. The Kier molecular flexibility index (Phi) is 7.89. The summed E-state index contributed by atoms with van der Waals surface area (Å²) >= 11 is 0. The minimum absolute atomic E-state index is 0.304. The van der Waals surface area contributed by atoms with Crippen molar-refractivity contribution in [3.05, 3.63) is 71.8 Å². The Morgan fingerprint density at radius 1 is 1.10 bits per heavy atom. The van der Waals surface area contributed by atoms with E-state index in [0.717, 1.165) is 22.4 Å². The number of ether oxygens (including phenoxy) is 2. The van der Waals surface area contributed by atoms with Crippen molar-refractivity contribution in [1.29, 1.82) is 0 Å². The second kappa shape index (κ2) is 10.1. The summed E-state index contributed by atoms with van der Waals surface area (Å²) in [6, 6.07) is 16.0. The van der Waals surface area contributed by atoms with Gasteiger partial charge in [0.2, 0.25) is 0 Å². The van der Waals surface area contributed by atoms with Crippen LogP contribution in [0.15, 0.2) is 55.1 Å². The van der Waals surface area contributed by atoms with Crippen molar-refractivity contribution in [2.24, 2.45) is 5.92 Å². The first kappa shape index (κ1) is 22.5. The molecule has 0 saturated carbocycles. The third-order valence-corrected chi connectivity index (χ3v) is 4.08. The van der Waals surface area contributed by atoms with E-state index >= 15 is 0 Å². The number of amides is 1. The molecule has 0 bridgehead atoms. The molecule has 0 aliphatic rings. The highest BCUT2D eigenvalue weighted by atomic mass is 16.6. The fourth-order valence-corrected chi connectivity index (χ4v) is 2.91. The summed E-state index contributed by atoms with van der Waals surface area (Å²) in [5.74, 6) is 1.09. The van der Waals surface area contributed by atoms with Crippen LogP contribution in [0.4, 0.5) is 4.79 Å². The molecule has 0 fully saturated rings. The summed E-state index contributed by atoms with van der Waals surface area (Å²) in [4.78, 5) is 14.5. The normalized spacial score (nSPS) is 11.2. The van der Waals surface area contributed by atoms with E-state index in [1.165, 1.54) is 0 Å². The third kappa shape index (κ3) is 8.02. The molecule has 0 radical (unpaired) electrons. The fourth-order valence-electron chi connectivity index (χ4n) is 2.91. The SMILES string of the molecule is C=Cc1cc(CN(CC(C)C)C(=O)OC(C)(C)C)cc(OCc2ccccc2)c1. The highest BCUT2D eigenvalue weighted by molar-refractivity contribution is 5.68. The van der Waals surface area contributed by atoms with E-state index in [4.69, 9.17) is 9.47 Å². The summed E-state index contributed by atoms with van der Waals surface area (Å²) in [5.41, 5.74) is 2.52. The van der Waals surface area contributed by atoms with E-state index in [2.05, 4.69) is 20.4 Å². The number of carbonyl (C=O) groups excluding carboxylic acids is 1. The van der Waals surface area contributed by atoms with E-state index in [9.17, 15) is 4.79 Å². The van der Waals surface area contributed by atoms with E-state index in [0.29, 0.717) is 25.6 Å². The van der Waals surface area contributed by atoms with Gasteiger partial charge in [-0.05, 0) is 61.6 Å². The molecular formula is C25H33NO3. The molecule has 2 aromatic rings. The molecule has 156 valence electrons. The molecular weight excluding hydrogens is 362 g/mol. The number of hydrogen-bond donors (Lipinski definition) is 0. The highest BCUT2D eigenvalue weighted by Crippen LogP contribution is 2.22. The van der Waals surface area contributed by atoms with E-state index < -0.39 is 5.60 Å². The molecule has 0 heterocycles.